The SMILES string of the molecule is CSc1nc(C)nc(C)c1C(=O)N(C)C. The van der Waals surface area contributed by atoms with E-state index < -0.39 is 0 Å². The Kier molecular flexibility index (Phi) is 3.68. The van der Waals surface area contributed by atoms with E-state index in [4.69, 9.17) is 0 Å². The molecule has 15 heavy (non-hydrogen) atoms. The fourth-order valence-corrected chi connectivity index (χ4v) is 1.96. The molecule has 0 atom stereocenters. The van der Waals surface area contributed by atoms with Crippen molar-refractivity contribution in [2.45, 2.75) is 18.9 Å². The van der Waals surface area contributed by atoms with E-state index in [1.807, 2.05) is 20.1 Å². The molecule has 0 spiro atoms. The Hall–Kier alpha value is -1.10. The lowest BCUT2D eigenvalue weighted by molar-refractivity contribution is 0.0822. The number of aromatic nitrogens is 2. The van der Waals surface area contributed by atoms with Gasteiger partial charge in [0.15, 0.2) is 0 Å². The second-order valence-electron chi connectivity index (χ2n) is 3.44. The molecule has 0 fully saturated rings. The highest BCUT2D eigenvalue weighted by Gasteiger charge is 2.18. The number of carbonyl (C=O) groups is 1. The van der Waals surface area contributed by atoms with Crippen LogP contribution >= 0.6 is 11.8 Å². The van der Waals surface area contributed by atoms with Crippen molar-refractivity contribution in [3.63, 3.8) is 0 Å². The molecule has 4 nitrogen and oxygen atoms in total. The van der Waals surface area contributed by atoms with Gasteiger partial charge in [-0.25, -0.2) is 9.97 Å². The Morgan fingerprint density at radius 3 is 2.33 bits per heavy atom. The molecule has 0 aromatic carbocycles. The maximum atomic E-state index is 11.9. The minimum atomic E-state index is -0.0446. The average Bonchev–Trinajstić information content (AvgIpc) is 2.15. The molecular formula is C10H15N3OS. The summed E-state index contributed by atoms with van der Waals surface area (Å²) in [6, 6.07) is 0. The van der Waals surface area contributed by atoms with Crippen LogP contribution in [0.15, 0.2) is 5.03 Å². The monoisotopic (exact) mass is 225 g/mol. The molecule has 0 unspecified atom stereocenters. The predicted octanol–water partition coefficient (Wildman–Crippen LogP) is 1.52. The zero-order valence-electron chi connectivity index (χ0n) is 9.66. The van der Waals surface area contributed by atoms with Gasteiger partial charge in [0, 0.05) is 14.1 Å². The van der Waals surface area contributed by atoms with E-state index in [-0.39, 0.29) is 5.91 Å². The standard InChI is InChI=1S/C10H15N3OS/c1-6-8(10(14)13(3)4)9(15-5)12-7(2)11-6/h1-5H3. The zero-order valence-corrected chi connectivity index (χ0v) is 10.5. The number of hydrogen-bond acceptors (Lipinski definition) is 4. The summed E-state index contributed by atoms with van der Waals surface area (Å²) >= 11 is 1.47. The highest BCUT2D eigenvalue weighted by atomic mass is 32.2. The van der Waals surface area contributed by atoms with E-state index in [2.05, 4.69) is 9.97 Å². The van der Waals surface area contributed by atoms with E-state index in [1.54, 1.807) is 19.0 Å². The number of thioether (sulfide) groups is 1. The topological polar surface area (TPSA) is 46.1 Å². The Balaban J connectivity index is 3.33. The molecular weight excluding hydrogens is 210 g/mol. The van der Waals surface area contributed by atoms with Crippen molar-refractivity contribution in [3.05, 3.63) is 17.1 Å². The molecule has 1 amide bonds. The summed E-state index contributed by atoms with van der Waals surface area (Å²) in [6.45, 7) is 3.67. The smallest absolute Gasteiger partial charge is 0.257 e. The van der Waals surface area contributed by atoms with Gasteiger partial charge in [0.1, 0.15) is 10.9 Å². The summed E-state index contributed by atoms with van der Waals surface area (Å²) in [4.78, 5) is 21.9. The molecule has 0 radical (unpaired) electrons. The molecule has 82 valence electrons. The first-order chi connectivity index (χ1) is 6.97. The van der Waals surface area contributed by atoms with Crippen molar-refractivity contribution in [2.24, 2.45) is 0 Å². The predicted molar refractivity (Wildman–Crippen MR) is 61.3 cm³/mol. The van der Waals surface area contributed by atoms with E-state index in [0.29, 0.717) is 11.4 Å². The number of nitrogens with zero attached hydrogens (tertiary/aromatic N) is 3. The van der Waals surface area contributed by atoms with Crippen molar-refractivity contribution in [3.8, 4) is 0 Å². The van der Waals surface area contributed by atoms with Crippen LogP contribution in [0, 0.1) is 13.8 Å². The lowest BCUT2D eigenvalue weighted by Gasteiger charge is -2.14. The largest absolute Gasteiger partial charge is 0.345 e. The van der Waals surface area contributed by atoms with Gasteiger partial charge in [0.05, 0.1) is 11.3 Å². The maximum absolute atomic E-state index is 11.9. The van der Waals surface area contributed by atoms with E-state index in [9.17, 15) is 4.79 Å². The third kappa shape index (κ3) is 2.47. The number of hydrogen-bond donors (Lipinski definition) is 0. The van der Waals surface area contributed by atoms with E-state index in [1.165, 1.54) is 11.8 Å². The van der Waals surface area contributed by atoms with Gasteiger partial charge >= 0.3 is 0 Å². The molecule has 1 rings (SSSR count). The van der Waals surface area contributed by atoms with Gasteiger partial charge in [-0.3, -0.25) is 4.79 Å². The summed E-state index contributed by atoms with van der Waals surface area (Å²) in [6.07, 6.45) is 1.91. The second-order valence-corrected chi connectivity index (χ2v) is 4.24. The molecule has 0 aliphatic heterocycles. The first kappa shape index (κ1) is 12.0. The normalized spacial score (nSPS) is 10.2. The number of carbonyl (C=O) groups excluding carboxylic acids is 1. The van der Waals surface area contributed by atoms with E-state index in [0.717, 1.165) is 10.7 Å². The molecule has 1 aromatic heterocycles. The first-order valence-electron chi connectivity index (χ1n) is 4.58. The second kappa shape index (κ2) is 4.61. The third-order valence-corrected chi connectivity index (χ3v) is 2.66. The molecule has 5 heteroatoms. The molecule has 0 N–H and O–H groups in total. The van der Waals surface area contributed by atoms with Crippen molar-refractivity contribution in [1.82, 2.24) is 14.9 Å². The molecule has 0 aliphatic carbocycles. The lowest BCUT2D eigenvalue weighted by Crippen LogP contribution is -2.24. The fourth-order valence-electron chi connectivity index (χ4n) is 1.30. The van der Waals surface area contributed by atoms with Crippen molar-refractivity contribution in [2.75, 3.05) is 20.4 Å². The van der Waals surface area contributed by atoms with Crippen LogP contribution in [0.1, 0.15) is 21.9 Å². The van der Waals surface area contributed by atoms with Crippen LogP contribution in [0.2, 0.25) is 0 Å². The lowest BCUT2D eigenvalue weighted by atomic mass is 10.2. The zero-order chi connectivity index (χ0) is 11.6. The van der Waals surface area contributed by atoms with Crippen LogP contribution in [0.3, 0.4) is 0 Å². The third-order valence-electron chi connectivity index (χ3n) is 1.98. The summed E-state index contributed by atoms with van der Waals surface area (Å²) in [5.41, 5.74) is 1.35. The Morgan fingerprint density at radius 2 is 1.87 bits per heavy atom. The summed E-state index contributed by atoms with van der Waals surface area (Å²) in [7, 11) is 3.46. The van der Waals surface area contributed by atoms with Gasteiger partial charge < -0.3 is 4.90 Å². The van der Waals surface area contributed by atoms with Crippen LogP contribution in [-0.2, 0) is 0 Å². The number of rotatable bonds is 2. The Labute approximate surface area is 94.1 Å². The Bertz CT molecular complexity index is 390. The van der Waals surface area contributed by atoms with Gasteiger partial charge in [0.2, 0.25) is 0 Å². The minimum absolute atomic E-state index is 0.0446. The highest BCUT2D eigenvalue weighted by molar-refractivity contribution is 7.98. The quantitative estimate of drug-likeness (QED) is 0.565. The van der Waals surface area contributed by atoms with Gasteiger partial charge in [-0.15, -0.1) is 11.8 Å². The van der Waals surface area contributed by atoms with Crippen LogP contribution < -0.4 is 0 Å². The number of aryl methyl sites for hydroxylation is 2. The van der Waals surface area contributed by atoms with Crippen LogP contribution in [0.25, 0.3) is 0 Å². The molecule has 0 saturated heterocycles. The fraction of sp³-hybridized carbons (Fsp3) is 0.500. The maximum Gasteiger partial charge on any atom is 0.257 e. The van der Waals surface area contributed by atoms with Crippen LogP contribution in [0.5, 0.6) is 0 Å². The average molecular weight is 225 g/mol. The van der Waals surface area contributed by atoms with Crippen LogP contribution in [-0.4, -0.2) is 41.1 Å². The molecule has 1 heterocycles. The molecule has 0 saturated carbocycles. The van der Waals surface area contributed by atoms with Gasteiger partial charge in [-0.1, -0.05) is 0 Å². The number of amides is 1. The van der Waals surface area contributed by atoms with Gasteiger partial charge in [0.25, 0.3) is 5.91 Å². The Morgan fingerprint density at radius 1 is 1.27 bits per heavy atom. The van der Waals surface area contributed by atoms with Crippen molar-refractivity contribution >= 4 is 17.7 Å². The van der Waals surface area contributed by atoms with E-state index >= 15 is 0 Å². The van der Waals surface area contributed by atoms with Crippen LogP contribution in [0.4, 0.5) is 0 Å². The molecule has 1 aromatic rings. The summed E-state index contributed by atoms with van der Waals surface area (Å²) in [5, 5.41) is 0.749. The van der Waals surface area contributed by atoms with Crippen molar-refractivity contribution < 1.29 is 4.79 Å². The molecule has 0 aliphatic rings. The first-order valence-corrected chi connectivity index (χ1v) is 5.80. The minimum Gasteiger partial charge on any atom is -0.345 e. The van der Waals surface area contributed by atoms with Gasteiger partial charge in [-0.05, 0) is 20.1 Å². The molecule has 0 bridgehead atoms. The highest BCUT2D eigenvalue weighted by Crippen LogP contribution is 2.21. The summed E-state index contributed by atoms with van der Waals surface area (Å²) < 4.78 is 0. The van der Waals surface area contributed by atoms with Crippen molar-refractivity contribution in [1.29, 1.82) is 0 Å². The van der Waals surface area contributed by atoms with Gasteiger partial charge in [-0.2, -0.15) is 0 Å². The summed E-state index contributed by atoms with van der Waals surface area (Å²) in [5.74, 6) is 0.656.